The summed E-state index contributed by atoms with van der Waals surface area (Å²) in [5, 5.41) is 20.8. The van der Waals surface area contributed by atoms with Crippen LogP contribution in [0.2, 0.25) is 0 Å². The summed E-state index contributed by atoms with van der Waals surface area (Å²) in [6.07, 6.45) is 2.23. The number of amides is 1. The molecule has 29 heavy (non-hydrogen) atoms. The van der Waals surface area contributed by atoms with Gasteiger partial charge in [-0.05, 0) is 43.0 Å². The molecule has 0 saturated heterocycles. The van der Waals surface area contributed by atoms with Gasteiger partial charge < -0.3 is 9.77 Å². The van der Waals surface area contributed by atoms with Crippen LogP contribution in [0.1, 0.15) is 25.8 Å². The third kappa shape index (κ3) is 4.72. The van der Waals surface area contributed by atoms with E-state index in [2.05, 4.69) is 5.16 Å². The summed E-state index contributed by atoms with van der Waals surface area (Å²) >= 11 is 0. The van der Waals surface area contributed by atoms with Crippen LogP contribution >= 0.6 is 0 Å². The lowest BCUT2D eigenvalue weighted by molar-refractivity contribution is -0.131. The number of pyridine rings is 1. The van der Waals surface area contributed by atoms with Crippen LogP contribution in [0.4, 0.5) is 0 Å². The summed E-state index contributed by atoms with van der Waals surface area (Å²) in [4.78, 5) is 24.3. The van der Waals surface area contributed by atoms with Crippen LogP contribution in [0.5, 0.6) is 0 Å². The summed E-state index contributed by atoms with van der Waals surface area (Å²) in [7, 11) is -3.84. The smallest absolute Gasteiger partial charge is 0.264 e. The molecule has 1 aromatic carbocycles. The van der Waals surface area contributed by atoms with Crippen LogP contribution in [0, 0.1) is 0 Å². The molecular weight excluding hydrogens is 398 g/mol. The quantitative estimate of drug-likeness (QED) is 0.267. The number of nitrogens with one attached hydrogen (secondary N) is 1. The molecule has 156 valence electrons. The van der Waals surface area contributed by atoms with Crippen LogP contribution in [0.15, 0.2) is 52.5 Å². The molecule has 0 aliphatic heterocycles. The summed E-state index contributed by atoms with van der Waals surface area (Å²) < 4.78 is 23.5. The van der Waals surface area contributed by atoms with Crippen LogP contribution in [-0.4, -0.2) is 46.0 Å². The van der Waals surface area contributed by atoms with Crippen molar-refractivity contribution < 1.29 is 23.6 Å². The van der Waals surface area contributed by atoms with Gasteiger partial charge in [-0.2, -0.15) is 0 Å². The van der Waals surface area contributed by atoms with Gasteiger partial charge in [0.15, 0.2) is 14.6 Å². The van der Waals surface area contributed by atoms with E-state index in [0.717, 1.165) is 17.4 Å². The molecule has 0 aliphatic rings. The number of carbonyl (C=O) groups is 1. The van der Waals surface area contributed by atoms with E-state index in [1.54, 1.807) is 37.3 Å². The Bertz CT molecular complexity index is 1090. The highest BCUT2D eigenvalue weighted by atomic mass is 32.2. The molecule has 0 aliphatic carbocycles. The van der Waals surface area contributed by atoms with E-state index >= 15 is 0 Å². The van der Waals surface area contributed by atoms with E-state index in [1.165, 1.54) is 29.2 Å². The molecule has 9 nitrogen and oxygen atoms in total. The first-order valence-electron chi connectivity index (χ1n) is 8.67. The monoisotopic (exact) mass is 421 g/mol. The molecule has 1 heterocycles. The van der Waals surface area contributed by atoms with Crippen molar-refractivity contribution in [2.45, 2.75) is 31.6 Å². The second-order valence-electron chi connectivity index (χ2n) is 6.90. The lowest BCUT2D eigenvalue weighted by Crippen LogP contribution is -2.49. The van der Waals surface area contributed by atoms with Gasteiger partial charge in [-0.1, -0.05) is 29.4 Å². The maximum atomic E-state index is 12.5. The number of aromatic nitrogens is 1. The number of rotatable bonds is 7. The minimum Gasteiger partial charge on any atom is -0.411 e. The molecule has 0 fully saturated rings. The minimum absolute atomic E-state index is 0.0266. The van der Waals surface area contributed by atoms with Gasteiger partial charge in [0.1, 0.15) is 0 Å². The number of benzene rings is 1. The van der Waals surface area contributed by atoms with Crippen molar-refractivity contribution in [2.24, 2.45) is 5.16 Å². The maximum absolute atomic E-state index is 12.5. The van der Waals surface area contributed by atoms with E-state index in [-0.39, 0.29) is 18.5 Å². The molecule has 3 N–H and O–H groups in total. The Hall–Kier alpha value is -2.98. The van der Waals surface area contributed by atoms with Gasteiger partial charge >= 0.3 is 0 Å². The van der Waals surface area contributed by atoms with E-state index in [0.29, 0.717) is 11.3 Å². The summed E-state index contributed by atoms with van der Waals surface area (Å²) in [6, 6.07) is 10.2. The average molecular weight is 421 g/mol. The highest BCUT2D eigenvalue weighted by Crippen LogP contribution is 2.23. The van der Waals surface area contributed by atoms with Crippen LogP contribution < -0.4 is 11.0 Å². The van der Waals surface area contributed by atoms with Crippen molar-refractivity contribution in [2.75, 3.05) is 6.26 Å². The van der Waals surface area contributed by atoms with Crippen LogP contribution in [0.25, 0.3) is 11.1 Å². The molecule has 0 radical (unpaired) electrons. The molecule has 2 aromatic rings. The topological polar surface area (TPSA) is 138 Å². The van der Waals surface area contributed by atoms with Gasteiger partial charge in [0, 0.05) is 25.1 Å². The third-order valence-corrected chi connectivity index (χ3v) is 7.04. The molecule has 10 heteroatoms. The Morgan fingerprint density at radius 1 is 1.21 bits per heavy atom. The Labute approximate surface area is 168 Å². The molecule has 1 aromatic heterocycles. The fourth-order valence-electron chi connectivity index (χ4n) is 2.75. The third-order valence-electron chi connectivity index (χ3n) is 5.01. The van der Waals surface area contributed by atoms with Crippen molar-refractivity contribution in [3.8, 4) is 11.1 Å². The van der Waals surface area contributed by atoms with Gasteiger partial charge in [0.2, 0.25) is 0 Å². The molecule has 0 bridgehead atoms. The standard InChI is InChI=1S/C19H23N3O6S/c1-13(20-25)14-4-6-15(7-5-14)16-8-10-22(17(23)12-16)11-9-19(2,18(24)21-26)29(3,27)28/h4-8,10,12,25-26H,9,11H2,1-3H3,(H,21,24). The predicted molar refractivity (Wildman–Crippen MR) is 108 cm³/mol. The normalized spacial score (nSPS) is 14.3. The molecular formula is C19H23N3O6S. The molecule has 2 rings (SSSR count). The van der Waals surface area contributed by atoms with Gasteiger partial charge in [-0.25, -0.2) is 13.9 Å². The van der Waals surface area contributed by atoms with Gasteiger partial charge in [-0.3, -0.25) is 14.8 Å². The Morgan fingerprint density at radius 3 is 2.31 bits per heavy atom. The van der Waals surface area contributed by atoms with Crippen LogP contribution in [0.3, 0.4) is 0 Å². The van der Waals surface area contributed by atoms with E-state index in [9.17, 15) is 18.0 Å². The number of oxime groups is 1. The molecule has 1 amide bonds. The van der Waals surface area contributed by atoms with Crippen molar-refractivity contribution in [1.82, 2.24) is 10.0 Å². The Balaban J connectivity index is 2.26. The first-order valence-corrected chi connectivity index (χ1v) is 10.6. The molecule has 1 atom stereocenters. The number of hydroxylamine groups is 1. The van der Waals surface area contributed by atoms with Gasteiger partial charge in [0.25, 0.3) is 11.5 Å². The van der Waals surface area contributed by atoms with Crippen LogP contribution in [-0.2, 0) is 21.2 Å². The van der Waals surface area contributed by atoms with Crippen molar-refractivity contribution >= 4 is 21.5 Å². The zero-order valence-electron chi connectivity index (χ0n) is 16.3. The molecule has 0 spiro atoms. The number of hydrogen-bond acceptors (Lipinski definition) is 7. The summed E-state index contributed by atoms with van der Waals surface area (Å²) in [5.74, 6) is -1.05. The lowest BCUT2D eigenvalue weighted by Gasteiger charge is -2.25. The van der Waals surface area contributed by atoms with E-state index in [1.807, 2.05) is 0 Å². The van der Waals surface area contributed by atoms with Crippen molar-refractivity contribution in [3.05, 3.63) is 58.5 Å². The lowest BCUT2D eigenvalue weighted by atomic mass is 10.0. The highest BCUT2D eigenvalue weighted by molar-refractivity contribution is 7.92. The average Bonchev–Trinajstić information content (AvgIpc) is 2.70. The van der Waals surface area contributed by atoms with Gasteiger partial charge in [-0.15, -0.1) is 0 Å². The second-order valence-corrected chi connectivity index (χ2v) is 9.35. The van der Waals surface area contributed by atoms with E-state index in [4.69, 9.17) is 10.4 Å². The maximum Gasteiger partial charge on any atom is 0.264 e. The number of hydrogen-bond donors (Lipinski definition) is 3. The van der Waals surface area contributed by atoms with Crippen molar-refractivity contribution in [3.63, 3.8) is 0 Å². The fourth-order valence-corrected chi connectivity index (χ4v) is 3.60. The summed E-state index contributed by atoms with van der Waals surface area (Å²) in [5.41, 5.74) is 3.67. The SMILES string of the molecule is CC(=NO)c1ccc(-c2ccn(CCC(C)(C(=O)NO)S(C)(=O)=O)c(=O)c2)cc1. The van der Waals surface area contributed by atoms with E-state index < -0.39 is 20.5 Å². The van der Waals surface area contributed by atoms with Gasteiger partial charge in [0.05, 0.1) is 5.71 Å². The number of sulfone groups is 1. The first kappa shape index (κ1) is 22.3. The Kier molecular flexibility index (Phi) is 6.60. The first-order chi connectivity index (χ1) is 13.5. The Morgan fingerprint density at radius 2 is 1.83 bits per heavy atom. The van der Waals surface area contributed by atoms with Crippen molar-refractivity contribution in [1.29, 1.82) is 0 Å². The second kappa shape index (κ2) is 8.58. The zero-order valence-corrected chi connectivity index (χ0v) is 17.1. The number of nitrogens with zero attached hydrogens (tertiary/aromatic N) is 2. The highest BCUT2D eigenvalue weighted by Gasteiger charge is 2.43. The summed E-state index contributed by atoms with van der Waals surface area (Å²) in [6.45, 7) is 2.84. The fraction of sp³-hybridized carbons (Fsp3) is 0.316. The minimum atomic E-state index is -3.84. The molecule has 1 unspecified atom stereocenters. The number of carbonyl (C=O) groups excluding carboxylic acids is 1. The largest absolute Gasteiger partial charge is 0.411 e. The zero-order chi connectivity index (χ0) is 21.8. The number of aryl methyl sites for hydroxylation is 1. The molecule has 0 saturated carbocycles. The predicted octanol–water partition coefficient (Wildman–Crippen LogP) is 1.41.